The molecule has 306 valence electrons. The quantitative estimate of drug-likeness (QED) is 0.0297. The minimum absolute atomic E-state index is 0. The van der Waals surface area contributed by atoms with Crippen LogP contribution in [0.5, 0.6) is 0 Å². The summed E-state index contributed by atoms with van der Waals surface area (Å²) in [6, 6.07) is 0. The number of hydrogen-bond donors (Lipinski definition) is 4. The Hall–Kier alpha value is 0.160. The van der Waals surface area contributed by atoms with Gasteiger partial charge in [-0.25, -0.2) is 16.8 Å². The maximum Gasteiger partial charge on any atom is 1.00 e. The van der Waals surface area contributed by atoms with Crippen LogP contribution in [0.3, 0.4) is 0 Å². The zero-order chi connectivity index (χ0) is 39.1. The van der Waals surface area contributed by atoms with Crippen LogP contribution in [0, 0.1) is 0 Å². The zero-order valence-electron chi connectivity index (χ0n) is 34.0. The molecular weight excluding hydrogens is 755 g/mol. The molecule has 0 spiro atoms. The fourth-order valence-electron chi connectivity index (χ4n) is 6.00. The van der Waals surface area contributed by atoms with Crippen molar-refractivity contribution in [1.82, 2.24) is 10.6 Å². The molecule has 0 aromatic carbocycles. The minimum Gasteiger partial charge on any atom is -0.748 e. The molecule has 12 nitrogen and oxygen atoms in total. The van der Waals surface area contributed by atoms with Crippen LogP contribution in [0.15, 0.2) is 24.3 Å². The van der Waals surface area contributed by atoms with Crippen LogP contribution in [-0.4, -0.2) is 83.8 Å². The summed E-state index contributed by atoms with van der Waals surface area (Å²) in [4.78, 5) is 24.1. The van der Waals surface area contributed by atoms with E-state index in [-0.39, 0.29) is 96.6 Å². The van der Waals surface area contributed by atoms with Gasteiger partial charge in [-0.1, -0.05) is 115 Å². The van der Waals surface area contributed by atoms with Gasteiger partial charge in [0, 0.05) is 25.9 Å². The average Bonchev–Trinajstić information content (AvgIpc) is 3.07. The van der Waals surface area contributed by atoms with E-state index in [9.17, 15) is 45.7 Å². The monoisotopic (exact) mass is 824 g/mol. The Morgan fingerprint density at radius 1 is 0.537 bits per heavy atom. The largest absolute Gasteiger partial charge is 1.00 e. The average molecular weight is 825 g/mol. The number of rotatable bonds is 35. The summed E-state index contributed by atoms with van der Waals surface area (Å²) in [5, 5.41) is 23.6. The van der Waals surface area contributed by atoms with Gasteiger partial charge in [-0.3, -0.25) is 9.59 Å². The second-order valence-electron chi connectivity index (χ2n) is 13.9. The molecular formula is C38H70N2Na2O10S2. The van der Waals surface area contributed by atoms with Gasteiger partial charge in [0.1, 0.15) is 20.2 Å². The van der Waals surface area contributed by atoms with Crippen molar-refractivity contribution in [1.29, 1.82) is 0 Å². The van der Waals surface area contributed by atoms with Crippen LogP contribution in [0.25, 0.3) is 0 Å². The Kier molecular flexibility index (Phi) is 40.5. The Balaban J connectivity index is -0.0000130. The van der Waals surface area contributed by atoms with E-state index in [0.717, 1.165) is 103 Å². The van der Waals surface area contributed by atoms with Gasteiger partial charge in [-0.05, 0) is 64.2 Å². The van der Waals surface area contributed by atoms with Crippen molar-refractivity contribution in [2.24, 2.45) is 0 Å². The van der Waals surface area contributed by atoms with Gasteiger partial charge in [0.15, 0.2) is 0 Å². The van der Waals surface area contributed by atoms with Gasteiger partial charge >= 0.3 is 59.1 Å². The molecule has 0 aromatic heterocycles. The third-order valence-corrected chi connectivity index (χ3v) is 11.8. The number of allylic oxidation sites excluding steroid dienone is 2. The van der Waals surface area contributed by atoms with E-state index in [0.29, 0.717) is 38.8 Å². The predicted molar refractivity (Wildman–Crippen MR) is 205 cm³/mol. The van der Waals surface area contributed by atoms with Gasteiger partial charge in [-0.2, -0.15) is 0 Å². The summed E-state index contributed by atoms with van der Waals surface area (Å²) in [6.07, 6.45) is 22.2. The number of amides is 2. The number of carbonyl (C=O) groups is 2. The first-order valence-electron chi connectivity index (χ1n) is 19.8. The van der Waals surface area contributed by atoms with E-state index < -0.39 is 42.9 Å². The molecule has 16 heteroatoms. The van der Waals surface area contributed by atoms with E-state index in [1.165, 1.54) is 0 Å². The number of hydrogen-bond acceptors (Lipinski definition) is 10. The third kappa shape index (κ3) is 34.2. The van der Waals surface area contributed by atoms with Crippen molar-refractivity contribution in [3.63, 3.8) is 0 Å². The Morgan fingerprint density at radius 2 is 0.870 bits per heavy atom. The van der Waals surface area contributed by atoms with E-state index >= 15 is 0 Å². The van der Waals surface area contributed by atoms with Crippen molar-refractivity contribution < 1.29 is 105 Å². The molecule has 0 aliphatic heterocycles. The number of carbonyl (C=O) groups excluding carboxylic acids is 2. The molecule has 0 bridgehead atoms. The molecule has 4 unspecified atom stereocenters. The van der Waals surface area contributed by atoms with Crippen LogP contribution in [0.1, 0.15) is 168 Å². The Morgan fingerprint density at radius 3 is 1.20 bits per heavy atom. The van der Waals surface area contributed by atoms with E-state index in [1.807, 2.05) is 26.0 Å². The molecule has 0 rings (SSSR count). The summed E-state index contributed by atoms with van der Waals surface area (Å²) >= 11 is 0. The molecule has 0 aliphatic carbocycles. The first-order chi connectivity index (χ1) is 24.7. The zero-order valence-corrected chi connectivity index (χ0v) is 39.6. The molecule has 0 fully saturated rings. The van der Waals surface area contributed by atoms with E-state index in [4.69, 9.17) is 0 Å². The van der Waals surface area contributed by atoms with Crippen molar-refractivity contribution >= 4 is 32.1 Å². The first kappa shape index (κ1) is 58.5. The fraction of sp³-hybridized carbons (Fsp3) is 0.842. The van der Waals surface area contributed by atoms with E-state index in [1.54, 1.807) is 12.2 Å². The van der Waals surface area contributed by atoms with Crippen LogP contribution < -0.4 is 69.7 Å². The third-order valence-electron chi connectivity index (χ3n) is 9.19. The molecule has 0 radical (unpaired) electrons. The minimum atomic E-state index is -4.53. The van der Waals surface area contributed by atoms with Gasteiger partial charge in [0.2, 0.25) is 11.8 Å². The number of nitrogens with one attached hydrogen (secondary N) is 2. The summed E-state index contributed by atoms with van der Waals surface area (Å²) < 4.78 is 69.0. The van der Waals surface area contributed by atoms with Gasteiger partial charge in [-0.15, -0.1) is 0 Å². The predicted octanol–water partition coefficient (Wildman–Crippen LogP) is 0.291. The van der Waals surface area contributed by atoms with Crippen molar-refractivity contribution in [2.45, 2.75) is 191 Å². The van der Waals surface area contributed by atoms with Crippen LogP contribution in [0.2, 0.25) is 0 Å². The molecule has 0 saturated carbocycles. The van der Waals surface area contributed by atoms with Crippen molar-refractivity contribution in [3.05, 3.63) is 24.3 Å². The SMILES string of the molecule is CCCCCC(C(O)C/C=C/CCCCCCCC(=O)NCCNC(=O)CCCCCCC/C=C/CC(O)C(CCCCC)S(=O)(=O)[O-])S(=O)(=O)[O-].[Na+].[Na+]. The Labute approximate surface area is 372 Å². The maximum absolute atomic E-state index is 12.1. The number of aliphatic hydroxyl groups is 2. The molecule has 0 aromatic rings. The second-order valence-corrected chi connectivity index (χ2v) is 17.1. The Bertz CT molecular complexity index is 1110. The first-order valence-corrected chi connectivity index (χ1v) is 22.8. The molecule has 54 heavy (non-hydrogen) atoms. The topological polar surface area (TPSA) is 213 Å². The number of aliphatic hydroxyl groups excluding tert-OH is 2. The smallest absolute Gasteiger partial charge is 0.748 e. The van der Waals surface area contributed by atoms with Crippen LogP contribution >= 0.6 is 0 Å². The molecule has 0 heterocycles. The maximum atomic E-state index is 12.1. The van der Waals surface area contributed by atoms with Gasteiger partial charge < -0.3 is 30.0 Å². The van der Waals surface area contributed by atoms with Crippen molar-refractivity contribution in [3.8, 4) is 0 Å². The molecule has 4 N–H and O–H groups in total. The summed E-state index contributed by atoms with van der Waals surface area (Å²) in [5.74, 6) is -0.0614. The van der Waals surface area contributed by atoms with Crippen molar-refractivity contribution in [2.75, 3.05) is 13.1 Å². The molecule has 4 atom stereocenters. The standard InChI is InChI=1S/C38H72N2O10S2.2Na/c1-3-5-19-27-35(51(45,46)47)33(41)25-21-15-11-7-9-13-17-23-29-37(43)39-31-32-40-38(44)30-24-18-14-10-8-12-16-22-26-34(42)36(52(48,49)50)28-20-6-4-2;;/h15-16,21-22,33-36,41-42H,3-14,17-20,23-32H2,1-2H3,(H,39,43)(H,40,44)(H,45,46,47)(H,48,49,50);;/q;2*+1/p-2/b21-15+,22-16+;;. The molecule has 0 aliphatic rings. The normalized spacial score (nSPS) is 14.3. The second kappa shape index (κ2) is 37.4. The van der Waals surface area contributed by atoms with Gasteiger partial charge in [0.05, 0.1) is 22.7 Å². The summed E-state index contributed by atoms with van der Waals surface area (Å²) in [7, 11) is -9.07. The summed E-state index contributed by atoms with van der Waals surface area (Å²) in [5.41, 5.74) is 0. The summed E-state index contributed by atoms with van der Waals surface area (Å²) in [6.45, 7) is 4.76. The van der Waals surface area contributed by atoms with Crippen LogP contribution in [0.4, 0.5) is 0 Å². The molecule has 2 amide bonds. The van der Waals surface area contributed by atoms with Gasteiger partial charge in [0.25, 0.3) is 0 Å². The number of unbranched alkanes of at least 4 members (excludes halogenated alkanes) is 14. The molecule has 0 saturated heterocycles. The van der Waals surface area contributed by atoms with Crippen LogP contribution in [-0.2, 0) is 29.8 Å². The van der Waals surface area contributed by atoms with E-state index in [2.05, 4.69) is 10.6 Å². The fourth-order valence-corrected chi connectivity index (χ4v) is 7.90.